The first-order valence-electron chi connectivity index (χ1n) is 8.07. The predicted molar refractivity (Wildman–Crippen MR) is 111 cm³/mol. The molecule has 0 unspecified atom stereocenters. The lowest BCUT2D eigenvalue weighted by molar-refractivity contribution is 0.0950. The van der Waals surface area contributed by atoms with Crippen molar-refractivity contribution >= 4 is 34.7 Å². The molecule has 0 aliphatic carbocycles. The highest BCUT2D eigenvalue weighted by atomic mass is 127. The maximum absolute atomic E-state index is 12.4. The zero-order valence-electron chi connectivity index (χ0n) is 13.9. The first-order valence-corrected chi connectivity index (χ1v) is 9.15. The number of halogens is 1. The van der Waals surface area contributed by atoms with Gasteiger partial charge in [0.25, 0.3) is 5.91 Å². The maximum Gasteiger partial charge on any atom is 0.275 e. The van der Waals surface area contributed by atoms with Gasteiger partial charge in [-0.3, -0.25) is 4.79 Å². The number of nitrogens with zero attached hydrogens (tertiary/aromatic N) is 1. The summed E-state index contributed by atoms with van der Waals surface area (Å²) in [6.45, 7) is 0.400. The van der Waals surface area contributed by atoms with Crippen LogP contribution >= 0.6 is 22.6 Å². The molecular weight excluding hydrogens is 439 g/mol. The van der Waals surface area contributed by atoms with E-state index in [2.05, 4.69) is 33.1 Å². The van der Waals surface area contributed by atoms with Crippen LogP contribution in [0.2, 0.25) is 0 Å². The first-order chi connectivity index (χ1) is 12.7. The molecule has 0 aromatic heterocycles. The minimum absolute atomic E-state index is 0.310. The molecule has 0 radical (unpaired) electrons. The van der Waals surface area contributed by atoms with E-state index in [0.29, 0.717) is 17.9 Å². The Kier molecular flexibility index (Phi) is 6.38. The molecule has 0 aliphatic rings. The summed E-state index contributed by atoms with van der Waals surface area (Å²) >= 11 is 2.23. The lowest BCUT2D eigenvalue weighted by atomic mass is 10.2. The number of ether oxygens (including phenoxy) is 1. The molecule has 26 heavy (non-hydrogen) atoms. The van der Waals surface area contributed by atoms with Crippen LogP contribution in [-0.2, 0) is 6.61 Å². The van der Waals surface area contributed by atoms with Crippen LogP contribution in [0.4, 0.5) is 0 Å². The van der Waals surface area contributed by atoms with Crippen LogP contribution in [0.25, 0.3) is 0 Å². The number of amides is 1. The van der Waals surface area contributed by atoms with E-state index in [1.54, 1.807) is 24.4 Å². The minimum Gasteiger partial charge on any atom is -0.488 e. The van der Waals surface area contributed by atoms with Crippen LogP contribution in [0.5, 0.6) is 5.75 Å². The van der Waals surface area contributed by atoms with Gasteiger partial charge in [-0.25, -0.2) is 5.43 Å². The number of carbonyl (C=O) groups excluding carboxylic acids is 1. The Morgan fingerprint density at radius 1 is 1.00 bits per heavy atom. The number of nitrogens with one attached hydrogen (secondary N) is 1. The third-order valence-corrected chi connectivity index (χ3v) is 4.27. The molecule has 4 nitrogen and oxygen atoms in total. The second-order valence-electron chi connectivity index (χ2n) is 5.52. The second kappa shape index (κ2) is 9.15. The quantitative estimate of drug-likeness (QED) is 0.334. The van der Waals surface area contributed by atoms with Gasteiger partial charge < -0.3 is 4.74 Å². The summed E-state index contributed by atoms with van der Waals surface area (Å²) in [6.07, 6.45) is 1.62. The van der Waals surface area contributed by atoms with Crippen molar-refractivity contribution < 1.29 is 9.53 Å². The Hall–Kier alpha value is -2.67. The summed E-state index contributed by atoms with van der Waals surface area (Å²) in [6, 6.07) is 24.8. The van der Waals surface area contributed by atoms with Crippen LogP contribution in [0, 0.1) is 3.57 Å². The Balaban J connectivity index is 1.65. The number of benzene rings is 3. The highest BCUT2D eigenvalue weighted by Gasteiger charge is 2.11. The smallest absolute Gasteiger partial charge is 0.275 e. The van der Waals surface area contributed by atoms with Gasteiger partial charge in [0.15, 0.2) is 0 Å². The van der Waals surface area contributed by atoms with Crippen molar-refractivity contribution in [1.29, 1.82) is 0 Å². The van der Waals surface area contributed by atoms with Crippen molar-refractivity contribution in [3.8, 4) is 5.75 Å². The van der Waals surface area contributed by atoms with E-state index in [1.165, 1.54) is 0 Å². The Labute approximate surface area is 166 Å². The minimum atomic E-state index is -0.310. The number of hydrogen-bond donors (Lipinski definition) is 1. The van der Waals surface area contributed by atoms with Gasteiger partial charge >= 0.3 is 0 Å². The SMILES string of the molecule is O=C(N/N=C/c1cccc(I)c1)c1ccccc1OCc1ccccc1. The summed E-state index contributed by atoms with van der Waals surface area (Å²) in [7, 11) is 0. The van der Waals surface area contributed by atoms with Crippen LogP contribution < -0.4 is 10.2 Å². The zero-order valence-corrected chi connectivity index (χ0v) is 16.1. The Bertz CT molecular complexity index is 911. The Morgan fingerprint density at radius 3 is 2.58 bits per heavy atom. The van der Waals surface area contributed by atoms with E-state index in [-0.39, 0.29) is 5.91 Å². The van der Waals surface area contributed by atoms with Crippen LogP contribution in [-0.4, -0.2) is 12.1 Å². The molecule has 3 aromatic rings. The van der Waals surface area contributed by atoms with E-state index in [1.807, 2.05) is 60.7 Å². The summed E-state index contributed by atoms with van der Waals surface area (Å²) in [5, 5.41) is 4.03. The Morgan fingerprint density at radius 2 is 1.77 bits per heavy atom. The fourth-order valence-electron chi connectivity index (χ4n) is 2.33. The molecule has 130 valence electrons. The lowest BCUT2D eigenvalue weighted by Crippen LogP contribution is -2.18. The van der Waals surface area contributed by atoms with E-state index >= 15 is 0 Å². The van der Waals surface area contributed by atoms with Gasteiger partial charge in [0.2, 0.25) is 0 Å². The van der Waals surface area contributed by atoms with Crippen LogP contribution in [0.1, 0.15) is 21.5 Å². The normalized spacial score (nSPS) is 10.7. The van der Waals surface area contributed by atoms with Crippen molar-refractivity contribution in [1.82, 2.24) is 5.43 Å². The first kappa shape index (κ1) is 18.1. The predicted octanol–water partition coefficient (Wildman–Crippen LogP) is 4.63. The van der Waals surface area contributed by atoms with E-state index < -0.39 is 0 Å². The number of para-hydroxylation sites is 1. The molecule has 0 aliphatic heterocycles. The topological polar surface area (TPSA) is 50.7 Å². The molecule has 0 fully saturated rings. The lowest BCUT2D eigenvalue weighted by Gasteiger charge is -2.10. The van der Waals surface area contributed by atoms with Crippen molar-refractivity contribution in [2.75, 3.05) is 0 Å². The molecule has 3 rings (SSSR count). The average molecular weight is 456 g/mol. The summed E-state index contributed by atoms with van der Waals surface area (Å²) in [5.41, 5.74) is 4.96. The number of carbonyl (C=O) groups is 1. The van der Waals surface area contributed by atoms with Gasteiger partial charge in [0.1, 0.15) is 12.4 Å². The third kappa shape index (κ3) is 5.16. The van der Waals surface area contributed by atoms with Gasteiger partial charge in [0, 0.05) is 3.57 Å². The monoisotopic (exact) mass is 456 g/mol. The second-order valence-corrected chi connectivity index (χ2v) is 6.77. The van der Waals surface area contributed by atoms with Crippen LogP contribution in [0.15, 0.2) is 84.0 Å². The van der Waals surface area contributed by atoms with Gasteiger partial charge in [-0.1, -0.05) is 54.6 Å². The third-order valence-electron chi connectivity index (χ3n) is 3.60. The number of hydrogen-bond acceptors (Lipinski definition) is 3. The highest BCUT2D eigenvalue weighted by Crippen LogP contribution is 2.19. The molecule has 1 N–H and O–H groups in total. The molecule has 0 spiro atoms. The molecule has 1 amide bonds. The average Bonchev–Trinajstić information content (AvgIpc) is 2.67. The van der Waals surface area contributed by atoms with E-state index in [4.69, 9.17) is 4.74 Å². The number of hydrazone groups is 1. The van der Waals surface area contributed by atoms with Crippen molar-refractivity contribution in [2.45, 2.75) is 6.61 Å². The maximum atomic E-state index is 12.4. The molecule has 3 aromatic carbocycles. The van der Waals surface area contributed by atoms with Gasteiger partial charge in [-0.2, -0.15) is 5.10 Å². The van der Waals surface area contributed by atoms with Crippen molar-refractivity contribution in [3.05, 3.63) is 99.1 Å². The molecule has 0 saturated heterocycles. The van der Waals surface area contributed by atoms with E-state index in [0.717, 1.165) is 14.7 Å². The van der Waals surface area contributed by atoms with E-state index in [9.17, 15) is 4.79 Å². The summed E-state index contributed by atoms with van der Waals surface area (Å²) < 4.78 is 6.92. The molecule has 0 heterocycles. The number of rotatable bonds is 6. The largest absolute Gasteiger partial charge is 0.488 e. The van der Waals surface area contributed by atoms with Crippen molar-refractivity contribution in [3.63, 3.8) is 0 Å². The standard InChI is InChI=1S/C21H17IN2O2/c22-18-10-6-9-17(13-18)14-23-24-21(25)19-11-4-5-12-20(19)26-15-16-7-2-1-3-8-16/h1-14H,15H2,(H,24,25)/b23-14+. The fourth-order valence-corrected chi connectivity index (χ4v) is 2.90. The fraction of sp³-hybridized carbons (Fsp3) is 0.0476. The highest BCUT2D eigenvalue weighted by molar-refractivity contribution is 14.1. The molecule has 0 bridgehead atoms. The summed E-state index contributed by atoms with van der Waals surface area (Å²) in [5.74, 6) is 0.217. The summed E-state index contributed by atoms with van der Waals surface area (Å²) in [4.78, 5) is 12.4. The van der Waals surface area contributed by atoms with Gasteiger partial charge in [-0.05, 0) is 58.0 Å². The van der Waals surface area contributed by atoms with Crippen molar-refractivity contribution in [2.24, 2.45) is 5.10 Å². The molecule has 0 saturated carbocycles. The van der Waals surface area contributed by atoms with Gasteiger partial charge in [-0.15, -0.1) is 0 Å². The van der Waals surface area contributed by atoms with Gasteiger partial charge in [0.05, 0.1) is 11.8 Å². The molecular formula is C21H17IN2O2. The van der Waals surface area contributed by atoms with Crippen LogP contribution in [0.3, 0.4) is 0 Å². The molecule has 5 heteroatoms. The molecule has 0 atom stereocenters. The zero-order chi connectivity index (χ0) is 18.2.